The second-order valence-electron chi connectivity index (χ2n) is 8.00. The van der Waals surface area contributed by atoms with Gasteiger partial charge in [-0.1, -0.05) is 65.7 Å². The van der Waals surface area contributed by atoms with Gasteiger partial charge in [-0.05, 0) is 46.5 Å². The molecule has 2 bridgehead atoms. The first-order valence-corrected chi connectivity index (χ1v) is 10.4. The fourth-order valence-electron chi connectivity index (χ4n) is 5.65. The van der Waals surface area contributed by atoms with Crippen LogP contribution in [-0.4, -0.2) is 16.9 Å². The Kier molecular flexibility index (Phi) is 3.59. The molecule has 3 aromatic carbocycles. The van der Waals surface area contributed by atoms with Gasteiger partial charge in [0.1, 0.15) is 5.60 Å². The number of para-hydroxylation sites is 1. The minimum Gasteiger partial charge on any atom is -0.379 e. The summed E-state index contributed by atoms with van der Waals surface area (Å²) in [6.07, 6.45) is 0. The number of aliphatic hydroxyl groups is 1. The monoisotopic (exact) mass is 435 g/mol. The van der Waals surface area contributed by atoms with E-state index in [2.05, 4.69) is 0 Å². The van der Waals surface area contributed by atoms with Crippen LogP contribution in [0, 0.1) is 11.8 Å². The number of hydrogen-bond donors (Lipinski definition) is 1. The number of nitrogens with zero attached hydrogens (tertiary/aromatic N) is 1. The first-order valence-electron chi connectivity index (χ1n) is 9.69. The lowest BCUT2D eigenvalue weighted by Gasteiger charge is -2.51. The summed E-state index contributed by atoms with van der Waals surface area (Å²) in [5.74, 6) is -2.95. The van der Waals surface area contributed by atoms with E-state index >= 15 is 0 Å². The van der Waals surface area contributed by atoms with Crippen molar-refractivity contribution in [3.05, 3.63) is 99.0 Å². The van der Waals surface area contributed by atoms with Crippen molar-refractivity contribution >= 4 is 40.7 Å². The SMILES string of the molecule is O=C1[C@H]2C3c4c(Cl)cccc4C(O)(c4cccc(Cl)c43)[C@H]2C(=O)N1c1ccccc1. The molecule has 4 aliphatic rings. The van der Waals surface area contributed by atoms with Gasteiger partial charge in [-0.25, -0.2) is 4.90 Å². The highest BCUT2D eigenvalue weighted by molar-refractivity contribution is 6.33. The van der Waals surface area contributed by atoms with E-state index in [4.69, 9.17) is 23.2 Å². The summed E-state index contributed by atoms with van der Waals surface area (Å²) in [6.45, 7) is 0. The number of amides is 2. The summed E-state index contributed by atoms with van der Waals surface area (Å²) in [7, 11) is 0. The van der Waals surface area contributed by atoms with Crippen LogP contribution >= 0.6 is 23.2 Å². The fourth-order valence-corrected chi connectivity index (χ4v) is 6.24. The average Bonchev–Trinajstić information content (AvgIpc) is 3.02. The van der Waals surface area contributed by atoms with Crippen LogP contribution in [0.1, 0.15) is 28.2 Å². The lowest BCUT2D eigenvalue weighted by Crippen LogP contribution is -2.53. The highest BCUT2D eigenvalue weighted by Crippen LogP contribution is 2.65. The third-order valence-corrected chi connectivity index (χ3v) is 7.38. The highest BCUT2D eigenvalue weighted by Gasteiger charge is 2.68. The number of carbonyl (C=O) groups excluding carboxylic acids is 2. The molecule has 30 heavy (non-hydrogen) atoms. The van der Waals surface area contributed by atoms with E-state index in [0.29, 0.717) is 38.0 Å². The van der Waals surface area contributed by atoms with Crippen LogP contribution in [0.4, 0.5) is 5.69 Å². The quantitative estimate of drug-likeness (QED) is 0.572. The standard InChI is InChI=1S/C24H15Cl2NO3/c25-15-10-4-8-13-17(15)19-18-14(9-5-11-16(18)26)24(13,30)21-20(19)22(28)27(23(21)29)12-6-2-1-3-7-12/h1-11,19-21,30H/t19?,20-,21+,24?/m0/s1. The summed E-state index contributed by atoms with van der Waals surface area (Å²) >= 11 is 13.2. The van der Waals surface area contributed by atoms with Crippen molar-refractivity contribution < 1.29 is 14.7 Å². The van der Waals surface area contributed by atoms with Crippen LogP contribution in [0.15, 0.2) is 66.7 Å². The van der Waals surface area contributed by atoms with Crippen LogP contribution in [-0.2, 0) is 15.2 Å². The maximum atomic E-state index is 13.6. The molecule has 3 aliphatic carbocycles. The van der Waals surface area contributed by atoms with Gasteiger partial charge in [0.25, 0.3) is 0 Å². The molecule has 4 nitrogen and oxygen atoms in total. The van der Waals surface area contributed by atoms with Crippen molar-refractivity contribution in [2.45, 2.75) is 11.5 Å². The Morgan fingerprint density at radius 2 is 1.33 bits per heavy atom. The zero-order valence-electron chi connectivity index (χ0n) is 15.5. The van der Waals surface area contributed by atoms with Crippen molar-refractivity contribution in [1.29, 1.82) is 0 Å². The molecule has 1 aliphatic heterocycles. The van der Waals surface area contributed by atoms with Crippen LogP contribution in [0.5, 0.6) is 0 Å². The lowest BCUT2D eigenvalue weighted by atomic mass is 9.52. The van der Waals surface area contributed by atoms with E-state index < -0.39 is 29.3 Å². The number of hydrogen-bond acceptors (Lipinski definition) is 3. The third kappa shape index (κ3) is 1.97. The van der Waals surface area contributed by atoms with Gasteiger partial charge >= 0.3 is 0 Å². The Bertz CT molecular complexity index is 1200. The van der Waals surface area contributed by atoms with Gasteiger partial charge in [0.15, 0.2) is 0 Å². The molecule has 0 unspecified atom stereocenters. The summed E-state index contributed by atoms with van der Waals surface area (Å²) in [5.41, 5.74) is 1.32. The van der Waals surface area contributed by atoms with E-state index in [1.54, 1.807) is 60.7 Å². The van der Waals surface area contributed by atoms with Gasteiger partial charge in [-0.3, -0.25) is 9.59 Å². The molecule has 0 aromatic heterocycles. The van der Waals surface area contributed by atoms with Crippen LogP contribution in [0.3, 0.4) is 0 Å². The zero-order valence-corrected chi connectivity index (χ0v) is 17.1. The molecule has 0 saturated carbocycles. The molecule has 1 N–H and O–H groups in total. The Morgan fingerprint density at radius 1 is 0.767 bits per heavy atom. The predicted octanol–water partition coefficient (Wildman–Crippen LogP) is 4.49. The zero-order chi connectivity index (χ0) is 20.8. The van der Waals surface area contributed by atoms with Gasteiger partial charge in [0.2, 0.25) is 11.8 Å². The maximum absolute atomic E-state index is 13.6. The first kappa shape index (κ1) is 18.1. The lowest BCUT2D eigenvalue weighted by molar-refractivity contribution is -0.133. The second-order valence-corrected chi connectivity index (χ2v) is 8.81. The average molecular weight is 436 g/mol. The predicted molar refractivity (Wildman–Crippen MR) is 114 cm³/mol. The second kappa shape index (κ2) is 5.94. The molecule has 7 rings (SSSR count). The highest BCUT2D eigenvalue weighted by atomic mass is 35.5. The van der Waals surface area contributed by atoms with E-state index in [-0.39, 0.29) is 5.91 Å². The smallest absolute Gasteiger partial charge is 0.241 e. The summed E-state index contributed by atoms with van der Waals surface area (Å²) in [4.78, 5) is 28.4. The number of rotatable bonds is 1. The van der Waals surface area contributed by atoms with Crippen LogP contribution < -0.4 is 4.90 Å². The van der Waals surface area contributed by atoms with Gasteiger partial charge in [0, 0.05) is 16.0 Å². The molecule has 3 aromatic rings. The van der Waals surface area contributed by atoms with Crippen molar-refractivity contribution in [2.24, 2.45) is 11.8 Å². The van der Waals surface area contributed by atoms with Crippen molar-refractivity contribution in [1.82, 2.24) is 0 Å². The largest absolute Gasteiger partial charge is 0.379 e. The number of anilines is 1. The molecule has 0 radical (unpaired) electrons. The van der Waals surface area contributed by atoms with E-state index in [1.807, 2.05) is 6.07 Å². The van der Waals surface area contributed by atoms with E-state index in [9.17, 15) is 14.7 Å². The van der Waals surface area contributed by atoms with E-state index in [1.165, 1.54) is 4.90 Å². The van der Waals surface area contributed by atoms with E-state index in [0.717, 1.165) is 0 Å². The molecule has 0 spiro atoms. The molecule has 2 amide bonds. The van der Waals surface area contributed by atoms with Crippen LogP contribution in [0.2, 0.25) is 10.0 Å². The molecule has 1 fully saturated rings. The molecular formula is C24H15Cl2NO3. The fraction of sp³-hybridized carbons (Fsp3) is 0.167. The van der Waals surface area contributed by atoms with Crippen molar-refractivity contribution in [3.8, 4) is 0 Å². The Hall–Kier alpha value is -2.66. The summed E-state index contributed by atoms with van der Waals surface area (Å²) in [5, 5.41) is 13.1. The third-order valence-electron chi connectivity index (χ3n) is 6.72. The minimum atomic E-state index is -1.68. The molecule has 148 valence electrons. The normalized spacial score (nSPS) is 28.4. The van der Waals surface area contributed by atoms with Gasteiger partial charge in [-0.2, -0.15) is 0 Å². The topological polar surface area (TPSA) is 57.6 Å². The number of halogens is 2. The molecule has 2 atom stereocenters. The molecule has 6 heteroatoms. The Labute approximate surface area is 182 Å². The van der Waals surface area contributed by atoms with Crippen molar-refractivity contribution in [3.63, 3.8) is 0 Å². The van der Waals surface area contributed by atoms with Crippen molar-refractivity contribution in [2.75, 3.05) is 4.90 Å². The number of benzene rings is 3. The number of imide groups is 1. The molecule has 1 heterocycles. The maximum Gasteiger partial charge on any atom is 0.241 e. The summed E-state index contributed by atoms with van der Waals surface area (Å²) in [6, 6.07) is 19.4. The molecular weight excluding hydrogens is 421 g/mol. The molecule has 1 saturated heterocycles. The number of carbonyl (C=O) groups is 2. The van der Waals surface area contributed by atoms with Gasteiger partial charge < -0.3 is 5.11 Å². The Morgan fingerprint density at radius 3 is 1.90 bits per heavy atom. The van der Waals surface area contributed by atoms with Crippen LogP contribution in [0.25, 0.3) is 0 Å². The minimum absolute atomic E-state index is 0.337. The first-order chi connectivity index (χ1) is 14.5. The van der Waals surface area contributed by atoms with Gasteiger partial charge in [-0.15, -0.1) is 0 Å². The summed E-state index contributed by atoms with van der Waals surface area (Å²) < 4.78 is 0. The van der Waals surface area contributed by atoms with Gasteiger partial charge in [0.05, 0.1) is 17.5 Å². The Balaban J connectivity index is 1.68.